The van der Waals surface area contributed by atoms with E-state index < -0.39 is 11.9 Å². The Morgan fingerprint density at radius 1 is 1.25 bits per heavy atom. The Bertz CT molecular complexity index is 286. The summed E-state index contributed by atoms with van der Waals surface area (Å²) in [7, 11) is 0. The van der Waals surface area contributed by atoms with Crippen molar-refractivity contribution in [2.24, 2.45) is 5.73 Å². The molecule has 1 atom stereocenters. The number of rotatable bonds is 13. The third-order valence-electron chi connectivity index (χ3n) is 3.02. The van der Waals surface area contributed by atoms with E-state index in [1.54, 1.807) is 4.90 Å². The molecule has 7 heteroatoms. The number of nitrogens with two attached hydrogens (primary N) is 1. The SMILES string of the molecule is CCCCCC(CN)N(CCOCC(=O)O)CC(=O)O. The van der Waals surface area contributed by atoms with Crippen LogP contribution < -0.4 is 5.73 Å². The van der Waals surface area contributed by atoms with Crippen molar-refractivity contribution in [1.82, 2.24) is 4.90 Å². The van der Waals surface area contributed by atoms with E-state index in [-0.39, 0.29) is 25.8 Å². The van der Waals surface area contributed by atoms with Crippen LogP contribution in [-0.4, -0.2) is 65.9 Å². The van der Waals surface area contributed by atoms with Crippen molar-refractivity contribution in [3.63, 3.8) is 0 Å². The minimum atomic E-state index is -1.03. The quantitative estimate of drug-likeness (QED) is 0.420. The summed E-state index contributed by atoms with van der Waals surface area (Å²) in [4.78, 5) is 23.0. The molecule has 0 heterocycles. The second kappa shape index (κ2) is 11.6. The van der Waals surface area contributed by atoms with Crippen LogP contribution in [0.4, 0.5) is 0 Å². The number of ether oxygens (including phenoxy) is 1. The fraction of sp³-hybridized carbons (Fsp3) is 0.846. The molecule has 0 aromatic carbocycles. The molecule has 0 saturated heterocycles. The van der Waals surface area contributed by atoms with Gasteiger partial charge in [-0.2, -0.15) is 0 Å². The maximum absolute atomic E-state index is 10.9. The summed E-state index contributed by atoms with van der Waals surface area (Å²) in [6.07, 6.45) is 4.03. The van der Waals surface area contributed by atoms with Crippen molar-refractivity contribution in [3.05, 3.63) is 0 Å². The Morgan fingerprint density at radius 3 is 2.45 bits per heavy atom. The molecule has 4 N–H and O–H groups in total. The lowest BCUT2D eigenvalue weighted by atomic mass is 10.1. The van der Waals surface area contributed by atoms with Crippen LogP contribution in [0.2, 0.25) is 0 Å². The Hall–Kier alpha value is -1.18. The molecule has 0 aromatic heterocycles. The topological polar surface area (TPSA) is 113 Å². The van der Waals surface area contributed by atoms with Gasteiger partial charge in [0.1, 0.15) is 6.61 Å². The molecule has 0 aliphatic heterocycles. The van der Waals surface area contributed by atoms with Crippen LogP contribution in [0.3, 0.4) is 0 Å². The van der Waals surface area contributed by atoms with Gasteiger partial charge in [0, 0.05) is 19.1 Å². The van der Waals surface area contributed by atoms with Crippen LogP contribution in [-0.2, 0) is 14.3 Å². The zero-order valence-corrected chi connectivity index (χ0v) is 12.1. The van der Waals surface area contributed by atoms with Gasteiger partial charge in [-0.05, 0) is 6.42 Å². The molecular formula is C13H26N2O5. The van der Waals surface area contributed by atoms with Gasteiger partial charge in [-0.1, -0.05) is 26.2 Å². The highest BCUT2D eigenvalue weighted by Crippen LogP contribution is 2.09. The van der Waals surface area contributed by atoms with Gasteiger partial charge < -0.3 is 20.7 Å². The number of hydrogen-bond donors (Lipinski definition) is 3. The molecule has 0 aliphatic carbocycles. The van der Waals surface area contributed by atoms with Crippen molar-refractivity contribution in [1.29, 1.82) is 0 Å². The molecule has 0 fully saturated rings. The van der Waals surface area contributed by atoms with Crippen molar-refractivity contribution in [3.8, 4) is 0 Å². The summed E-state index contributed by atoms with van der Waals surface area (Å²) < 4.78 is 4.95. The molecule has 0 spiro atoms. The van der Waals surface area contributed by atoms with E-state index in [1.165, 1.54) is 0 Å². The first-order chi connectivity index (χ1) is 9.51. The zero-order chi connectivity index (χ0) is 15.4. The lowest BCUT2D eigenvalue weighted by Gasteiger charge is -2.29. The molecule has 7 nitrogen and oxygen atoms in total. The van der Waals surface area contributed by atoms with Gasteiger partial charge in [0.2, 0.25) is 0 Å². The van der Waals surface area contributed by atoms with Crippen molar-refractivity contribution < 1.29 is 24.5 Å². The van der Waals surface area contributed by atoms with Crippen molar-refractivity contribution in [2.45, 2.75) is 38.6 Å². The largest absolute Gasteiger partial charge is 0.480 e. The van der Waals surface area contributed by atoms with Crippen LogP contribution in [0.5, 0.6) is 0 Å². The summed E-state index contributed by atoms with van der Waals surface area (Å²) in [6.45, 7) is 2.56. The second-order valence-corrected chi connectivity index (χ2v) is 4.70. The normalized spacial score (nSPS) is 12.6. The number of hydrogen-bond acceptors (Lipinski definition) is 5. The monoisotopic (exact) mass is 290 g/mol. The van der Waals surface area contributed by atoms with E-state index in [0.29, 0.717) is 13.1 Å². The minimum Gasteiger partial charge on any atom is -0.480 e. The van der Waals surface area contributed by atoms with Gasteiger partial charge in [0.05, 0.1) is 13.2 Å². The average molecular weight is 290 g/mol. The fourth-order valence-corrected chi connectivity index (χ4v) is 1.99. The number of nitrogens with zero attached hydrogens (tertiary/aromatic N) is 1. The number of carboxylic acid groups (broad SMARTS) is 2. The summed E-state index contributed by atoms with van der Waals surface area (Å²) in [5.74, 6) is -1.95. The van der Waals surface area contributed by atoms with Gasteiger partial charge in [-0.25, -0.2) is 4.79 Å². The highest BCUT2D eigenvalue weighted by molar-refractivity contribution is 5.69. The first-order valence-corrected chi connectivity index (χ1v) is 6.96. The molecule has 0 bridgehead atoms. The van der Waals surface area contributed by atoms with Gasteiger partial charge in [0.25, 0.3) is 0 Å². The van der Waals surface area contributed by atoms with Crippen LogP contribution in [0.1, 0.15) is 32.6 Å². The van der Waals surface area contributed by atoms with Crippen LogP contribution >= 0.6 is 0 Å². The number of carboxylic acids is 2. The van der Waals surface area contributed by atoms with Gasteiger partial charge in [-0.15, -0.1) is 0 Å². The highest BCUT2D eigenvalue weighted by Gasteiger charge is 2.19. The van der Waals surface area contributed by atoms with Gasteiger partial charge in [-0.3, -0.25) is 9.69 Å². The van der Waals surface area contributed by atoms with E-state index in [1.807, 2.05) is 0 Å². The Kier molecular flexibility index (Phi) is 10.9. The van der Waals surface area contributed by atoms with Gasteiger partial charge >= 0.3 is 11.9 Å². The predicted octanol–water partition coefficient (Wildman–Crippen LogP) is 0.382. The summed E-state index contributed by atoms with van der Waals surface area (Å²) >= 11 is 0. The smallest absolute Gasteiger partial charge is 0.329 e. The summed E-state index contributed by atoms with van der Waals surface area (Å²) in [5.41, 5.74) is 5.71. The lowest BCUT2D eigenvalue weighted by Crippen LogP contribution is -2.45. The van der Waals surface area contributed by atoms with Crippen molar-refractivity contribution in [2.75, 3.05) is 32.8 Å². The molecule has 0 aromatic rings. The van der Waals surface area contributed by atoms with Crippen LogP contribution in [0, 0.1) is 0 Å². The standard InChI is InChI=1S/C13H26N2O5/c1-2-3-4-5-11(8-14)15(9-12(16)17)6-7-20-10-13(18)19/h11H,2-10,14H2,1H3,(H,16,17)(H,18,19). The Morgan fingerprint density at radius 2 is 1.95 bits per heavy atom. The van der Waals surface area contributed by atoms with E-state index in [4.69, 9.17) is 20.7 Å². The molecule has 0 saturated carbocycles. The first kappa shape index (κ1) is 18.8. The maximum Gasteiger partial charge on any atom is 0.329 e. The summed E-state index contributed by atoms with van der Waals surface area (Å²) in [6, 6.07) is -0.00826. The predicted molar refractivity (Wildman–Crippen MR) is 74.6 cm³/mol. The maximum atomic E-state index is 10.9. The Balaban J connectivity index is 4.26. The molecule has 0 amide bonds. The number of unbranched alkanes of at least 4 members (excludes halogenated alkanes) is 2. The third kappa shape index (κ3) is 9.71. The van der Waals surface area contributed by atoms with E-state index >= 15 is 0 Å². The minimum absolute atomic E-state index is 0.00826. The lowest BCUT2D eigenvalue weighted by molar-refractivity contribution is -0.143. The molecule has 118 valence electrons. The summed E-state index contributed by atoms with van der Waals surface area (Å²) in [5, 5.41) is 17.4. The molecule has 20 heavy (non-hydrogen) atoms. The molecule has 0 radical (unpaired) electrons. The van der Waals surface area contributed by atoms with E-state index in [2.05, 4.69) is 6.92 Å². The molecule has 1 unspecified atom stereocenters. The molecule has 0 aliphatic rings. The number of aliphatic carboxylic acids is 2. The first-order valence-electron chi connectivity index (χ1n) is 6.96. The number of carbonyl (C=O) groups is 2. The zero-order valence-electron chi connectivity index (χ0n) is 12.1. The highest BCUT2D eigenvalue weighted by atomic mass is 16.5. The second-order valence-electron chi connectivity index (χ2n) is 4.70. The van der Waals surface area contributed by atoms with Crippen LogP contribution in [0.15, 0.2) is 0 Å². The van der Waals surface area contributed by atoms with Gasteiger partial charge in [0.15, 0.2) is 0 Å². The molecular weight excluding hydrogens is 264 g/mol. The van der Waals surface area contributed by atoms with E-state index in [9.17, 15) is 9.59 Å². The fourth-order valence-electron chi connectivity index (χ4n) is 1.99. The average Bonchev–Trinajstić information content (AvgIpc) is 2.38. The van der Waals surface area contributed by atoms with E-state index in [0.717, 1.165) is 25.7 Å². The van der Waals surface area contributed by atoms with Crippen LogP contribution in [0.25, 0.3) is 0 Å². The van der Waals surface area contributed by atoms with Crippen molar-refractivity contribution >= 4 is 11.9 Å². The Labute approximate surface area is 119 Å². The third-order valence-corrected chi connectivity index (χ3v) is 3.02. The molecule has 0 rings (SSSR count).